The number of benzene rings is 1. The molecule has 1 heteroatoms. The number of hydrogen-bond acceptors (Lipinski definition) is 0. The number of hydrogen-bond donors (Lipinski definition) is 0. The molecule has 0 bridgehead atoms. The Balaban J connectivity index is 2.92. The summed E-state index contributed by atoms with van der Waals surface area (Å²) < 4.78 is 6.37. The Hall–Kier alpha value is 0.0187. The number of rotatable bonds is 11. The van der Waals surface area contributed by atoms with Crippen LogP contribution in [-0.2, 0) is 4.44 Å². The molecule has 120 valence electrons. The van der Waals surface area contributed by atoms with Gasteiger partial charge in [-0.2, -0.15) is 0 Å². The molecule has 1 rings (SSSR count). The molecule has 1 aromatic carbocycles. The van der Waals surface area contributed by atoms with Crippen molar-refractivity contribution in [1.82, 2.24) is 0 Å². The van der Waals surface area contributed by atoms with Gasteiger partial charge in [-0.25, -0.2) is 0 Å². The van der Waals surface area contributed by atoms with Gasteiger partial charge in [-0.3, -0.25) is 0 Å². The predicted molar refractivity (Wildman–Crippen MR) is 99.8 cm³/mol. The van der Waals surface area contributed by atoms with Gasteiger partial charge in [0.2, 0.25) is 0 Å². The van der Waals surface area contributed by atoms with Crippen molar-refractivity contribution in [2.24, 2.45) is 0 Å². The number of aryl methyl sites for hydroxylation is 1. The first kappa shape index (κ1) is 19.1. The van der Waals surface area contributed by atoms with Crippen LogP contribution in [0.15, 0.2) is 24.3 Å². The van der Waals surface area contributed by atoms with Crippen molar-refractivity contribution in [3.05, 3.63) is 35.4 Å². The molecule has 0 spiro atoms. The second-order valence-corrected chi connectivity index (χ2v) is 20.8. The Morgan fingerprint density at radius 3 is 1.67 bits per heavy atom. The van der Waals surface area contributed by atoms with Crippen molar-refractivity contribution in [3.63, 3.8) is 0 Å². The van der Waals surface area contributed by atoms with Gasteiger partial charge in [0.15, 0.2) is 0 Å². The molecule has 0 fully saturated rings. The molecule has 0 aromatic heterocycles. The van der Waals surface area contributed by atoms with Crippen LogP contribution >= 0.6 is 0 Å². The van der Waals surface area contributed by atoms with Gasteiger partial charge in [-0.1, -0.05) is 0 Å². The van der Waals surface area contributed by atoms with Crippen molar-refractivity contribution in [2.75, 3.05) is 0 Å². The van der Waals surface area contributed by atoms with E-state index in [2.05, 4.69) is 52.0 Å². The third-order valence-electron chi connectivity index (χ3n) is 5.01. The van der Waals surface area contributed by atoms with Gasteiger partial charge in [-0.15, -0.1) is 0 Å². The average Bonchev–Trinajstić information content (AvgIpc) is 2.51. The van der Waals surface area contributed by atoms with E-state index in [9.17, 15) is 0 Å². The van der Waals surface area contributed by atoms with Crippen LogP contribution in [0, 0.1) is 6.92 Å². The molecular weight excluding hydrogens is 359 g/mol. The SMILES string of the molecule is CCC[CH2][Sn]([CH2]CCC)([CH2]CCC)[CH2]c1ccccc1C. The monoisotopic (exact) mass is 396 g/mol. The molecule has 1 aromatic rings. The first-order valence-corrected chi connectivity index (χ1v) is 17.3. The van der Waals surface area contributed by atoms with E-state index in [4.69, 9.17) is 0 Å². The summed E-state index contributed by atoms with van der Waals surface area (Å²) in [4.78, 5) is 0. The summed E-state index contributed by atoms with van der Waals surface area (Å²) in [6.07, 6.45) is 8.58. The van der Waals surface area contributed by atoms with Crippen LogP contribution in [0.2, 0.25) is 13.3 Å². The van der Waals surface area contributed by atoms with E-state index in [1.807, 2.05) is 0 Å². The standard InChI is InChI=1S/C8H9.3C4H9.Sn/c1-7-5-3-4-6-8(7)2;3*1-3-4-2;/h3-6H,1H2,2H3;3*1,3-4H2,2H3;. The summed E-state index contributed by atoms with van der Waals surface area (Å²) in [6.45, 7) is 9.41. The van der Waals surface area contributed by atoms with Crippen LogP contribution in [0.1, 0.15) is 70.4 Å². The van der Waals surface area contributed by atoms with Crippen molar-refractivity contribution < 1.29 is 0 Å². The summed E-state index contributed by atoms with van der Waals surface area (Å²) >= 11 is -1.99. The van der Waals surface area contributed by atoms with Gasteiger partial charge in [0, 0.05) is 0 Å². The van der Waals surface area contributed by atoms with E-state index in [-0.39, 0.29) is 0 Å². The summed E-state index contributed by atoms with van der Waals surface area (Å²) in [5.74, 6) is 0. The minimum absolute atomic E-state index is 1.38. The van der Waals surface area contributed by atoms with Crippen LogP contribution < -0.4 is 0 Å². The van der Waals surface area contributed by atoms with Gasteiger partial charge in [-0.05, 0) is 0 Å². The average molecular weight is 395 g/mol. The normalized spacial score (nSPS) is 11.8. The third-order valence-corrected chi connectivity index (χ3v) is 20.3. The zero-order valence-corrected chi connectivity index (χ0v) is 17.7. The Morgan fingerprint density at radius 2 is 1.24 bits per heavy atom. The minimum atomic E-state index is -1.99. The quantitative estimate of drug-likeness (QED) is 0.357. The van der Waals surface area contributed by atoms with Crippen molar-refractivity contribution in [1.29, 1.82) is 0 Å². The molecule has 0 nitrogen and oxygen atoms in total. The third kappa shape index (κ3) is 6.76. The van der Waals surface area contributed by atoms with E-state index >= 15 is 0 Å². The van der Waals surface area contributed by atoms with Crippen LogP contribution in [0.3, 0.4) is 0 Å². The van der Waals surface area contributed by atoms with Crippen LogP contribution in [0.4, 0.5) is 0 Å². The van der Waals surface area contributed by atoms with E-state index in [1.165, 1.54) is 48.5 Å². The summed E-state index contributed by atoms with van der Waals surface area (Å²) in [7, 11) is 0. The van der Waals surface area contributed by atoms with Gasteiger partial charge in [0.1, 0.15) is 0 Å². The van der Waals surface area contributed by atoms with Crippen LogP contribution in [-0.4, -0.2) is 18.4 Å². The number of unbranched alkanes of at least 4 members (excludes halogenated alkanes) is 3. The fraction of sp³-hybridized carbons (Fsp3) is 0.700. The second kappa shape index (κ2) is 10.7. The molecule has 0 atom stereocenters. The first-order chi connectivity index (χ1) is 10.2. The Kier molecular flexibility index (Phi) is 9.71. The zero-order chi connectivity index (χ0) is 15.6. The van der Waals surface area contributed by atoms with Gasteiger partial charge in [0.25, 0.3) is 0 Å². The van der Waals surface area contributed by atoms with Gasteiger partial charge in [0.05, 0.1) is 0 Å². The van der Waals surface area contributed by atoms with Crippen molar-refractivity contribution >= 4 is 18.4 Å². The van der Waals surface area contributed by atoms with Crippen molar-refractivity contribution in [2.45, 2.75) is 84.0 Å². The van der Waals surface area contributed by atoms with Crippen molar-refractivity contribution in [3.8, 4) is 0 Å². The first-order valence-electron chi connectivity index (χ1n) is 9.22. The zero-order valence-electron chi connectivity index (χ0n) is 14.9. The molecule has 0 N–H and O–H groups in total. The Bertz CT molecular complexity index is 361. The molecule has 0 saturated heterocycles. The molecule has 0 amide bonds. The fourth-order valence-corrected chi connectivity index (χ4v) is 20.0. The molecule has 0 aliphatic rings. The van der Waals surface area contributed by atoms with E-state index in [0.717, 1.165) is 0 Å². The van der Waals surface area contributed by atoms with E-state index in [0.29, 0.717) is 0 Å². The topological polar surface area (TPSA) is 0 Å². The second-order valence-electron chi connectivity index (χ2n) is 6.91. The molecule has 21 heavy (non-hydrogen) atoms. The van der Waals surface area contributed by atoms with E-state index < -0.39 is 18.4 Å². The molecule has 0 saturated carbocycles. The summed E-state index contributed by atoms with van der Waals surface area (Å²) in [5, 5.41) is 0. The van der Waals surface area contributed by atoms with Crippen LogP contribution in [0.5, 0.6) is 0 Å². The predicted octanol–water partition coefficient (Wildman–Crippen LogP) is 6.93. The molecule has 0 aliphatic heterocycles. The molecule has 0 aliphatic carbocycles. The summed E-state index contributed by atoms with van der Waals surface area (Å²) in [5.41, 5.74) is 3.21. The van der Waals surface area contributed by atoms with Gasteiger partial charge < -0.3 is 0 Å². The molecule has 0 unspecified atom stereocenters. The molecule has 0 heterocycles. The van der Waals surface area contributed by atoms with E-state index in [1.54, 1.807) is 18.9 Å². The fourth-order valence-electron chi connectivity index (χ4n) is 3.51. The molecular formula is C20H36Sn. The van der Waals surface area contributed by atoms with Crippen LogP contribution in [0.25, 0.3) is 0 Å². The summed E-state index contributed by atoms with van der Waals surface area (Å²) in [6, 6.07) is 9.16. The maximum atomic E-state index is 2.41. The maximum absolute atomic E-state index is 2.41. The molecule has 0 radical (unpaired) electrons. The Labute approximate surface area is 137 Å². The van der Waals surface area contributed by atoms with Gasteiger partial charge >= 0.3 is 138 Å². The Morgan fingerprint density at radius 1 is 0.762 bits per heavy atom.